The third kappa shape index (κ3) is 17.9. The average molecular weight is 1230 g/mol. The molecule has 0 radical (unpaired) electrons. The highest BCUT2D eigenvalue weighted by molar-refractivity contribution is 5.88. The Morgan fingerprint density at radius 2 is 0.852 bits per heavy atom. The van der Waals surface area contributed by atoms with Crippen LogP contribution in [0.25, 0.3) is 34.0 Å². The van der Waals surface area contributed by atoms with Crippen molar-refractivity contribution in [2.24, 2.45) is 0 Å². The number of carbonyl (C=O) groups is 2. The van der Waals surface area contributed by atoms with Crippen LogP contribution in [-0.4, -0.2) is 78.5 Å². The fourth-order valence-corrected chi connectivity index (χ4v) is 7.13. The number of rotatable bonds is 15. The molecule has 0 unspecified atom stereocenters. The van der Waals surface area contributed by atoms with Gasteiger partial charge >= 0.3 is 30.6 Å². The second-order valence-corrected chi connectivity index (χ2v) is 18.0. The Hall–Kier alpha value is -11.2. The Balaban J connectivity index is 0.000000176. The molecule has 0 fully saturated rings. The van der Waals surface area contributed by atoms with E-state index in [1.54, 1.807) is 49.6 Å². The number of hydroxylamine groups is 4. The van der Waals surface area contributed by atoms with Crippen molar-refractivity contribution in [3.05, 3.63) is 193 Å². The Morgan fingerprint density at radius 3 is 1.17 bits per heavy atom. The fraction of sp³-hybridized carbons (Fsp3) is 0.123. The molecule has 0 aliphatic heterocycles. The third-order valence-corrected chi connectivity index (χ3v) is 11.7. The Kier molecular flexibility index (Phi) is 19.8. The molecule has 0 bridgehead atoms. The molecular weight excluding hydrogens is 1180 g/mol. The molecule has 22 nitrogen and oxygen atoms in total. The Labute approximate surface area is 491 Å². The smallest absolute Gasteiger partial charge is 0.416 e. The monoisotopic (exact) mass is 1230 g/mol. The molecular formula is C57H47F9N14O8. The number of carbonyl (C=O) groups excluding carboxylic acids is 2. The van der Waals surface area contributed by atoms with Crippen molar-refractivity contribution in [1.29, 1.82) is 0 Å². The lowest BCUT2D eigenvalue weighted by molar-refractivity contribution is -0.138. The van der Waals surface area contributed by atoms with Crippen LogP contribution in [0.1, 0.15) is 22.3 Å². The van der Waals surface area contributed by atoms with Crippen molar-refractivity contribution in [3.8, 4) is 39.7 Å². The van der Waals surface area contributed by atoms with Crippen LogP contribution in [0.5, 0.6) is 5.75 Å². The molecule has 6 aromatic heterocycles. The van der Waals surface area contributed by atoms with Gasteiger partial charge in [0.2, 0.25) is 0 Å². The number of amides is 4. The van der Waals surface area contributed by atoms with Gasteiger partial charge in [-0.25, -0.2) is 49.6 Å². The third-order valence-electron chi connectivity index (χ3n) is 11.7. The highest BCUT2D eigenvalue weighted by atomic mass is 19.4. The van der Waals surface area contributed by atoms with Crippen molar-refractivity contribution in [1.82, 2.24) is 40.0 Å². The van der Waals surface area contributed by atoms with Crippen molar-refractivity contribution >= 4 is 64.6 Å². The topological polar surface area (TPSA) is 282 Å². The highest BCUT2D eigenvalue weighted by Gasteiger charge is 2.32. The lowest BCUT2D eigenvalue weighted by atomic mass is 10.1. The number of oxazole rings is 3. The predicted octanol–water partition coefficient (Wildman–Crippen LogP) is 14.5. The molecule has 31 heteroatoms. The summed E-state index contributed by atoms with van der Waals surface area (Å²) in [6, 6.07) is 29.8. The molecule has 0 saturated heterocycles. The second kappa shape index (κ2) is 27.7. The maximum atomic E-state index is 12.7. The normalized spacial score (nSPS) is 11.2. The molecule has 10 rings (SSSR count). The zero-order valence-corrected chi connectivity index (χ0v) is 45.7. The Bertz CT molecular complexity index is 3870. The van der Waals surface area contributed by atoms with Gasteiger partial charge in [0.05, 0.1) is 78.0 Å². The number of aromatic nitrogens is 6. The van der Waals surface area contributed by atoms with Crippen LogP contribution in [0, 0.1) is 0 Å². The number of nitrogens with one attached hydrogen (secondary N) is 5. The maximum Gasteiger partial charge on any atom is 0.416 e. The van der Waals surface area contributed by atoms with Crippen LogP contribution in [-0.2, 0) is 30.0 Å². The van der Waals surface area contributed by atoms with Crippen molar-refractivity contribution < 1.29 is 77.1 Å². The van der Waals surface area contributed by atoms with E-state index in [1.165, 1.54) is 93.7 Å². The number of benzene rings is 4. The zero-order valence-electron chi connectivity index (χ0n) is 45.7. The minimum absolute atomic E-state index is 0.114. The van der Waals surface area contributed by atoms with E-state index >= 15 is 0 Å². The van der Waals surface area contributed by atoms with Gasteiger partial charge in [-0.2, -0.15) is 39.5 Å². The molecule has 0 spiro atoms. The van der Waals surface area contributed by atoms with Gasteiger partial charge in [0.25, 0.3) is 18.0 Å². The number of alkyl halides is 9. The number of pyridine rings is 3. The second-order valence-electron chi connectivity index (χ2n) is 18.0. The lowest BCUT2D eigenvalue weighted by Gasteiger charge is -2.17. The number of methoxy groups -OCH3 is 1. The van der Waals surface area contributed by atoms with Crippen LogP contribution in [0.3, 0.4) is 0 Å². The summed E-state index contributed by atoms with van der Waals surface area (Å²) in [4.78, 5) is 53.3. The van der Waals surface area contributed by atoms with E-state index in [0.717, 1.165) is 52.8 Å². The van der Waals surface area contributed by atoms with Gasteiger partial charge in [0, 0.05) is 30.8 Å². The lowest BCUT2D eigenvalue weighted by Crippen LogP contribution is -2.31. The molecule has 6 heterocycles. The van der Waals surface area contributed by atoms with Crippen molar-refractivity contribution in [2.45, 2.75) is 25.1 Å². The molecule has 456 valence electrons. The SMILES string of the molecule is CN(O)C(=O)Nc1ccc(Nc2ncc(-c3ccc(C(F)(F)F)cc3)o2)cn1.COc1ccc(CON(C)C(=O)Nc2ccc(Nc3ncc(-c4ccc(C(F)(F)F)cc4)o3)cn2)cc1.Nc1ccc(Nc2ncc(-c3ccc(C(F)(F)F)cc3)o2)cn1. The standard InChI is InChI=1S/C25H22F3N5O4.C17H14F3N5O3.C15H11F3N4O/c1-33(36-15-16-3-10-20(35-2)11-4-16)24(34)32-22-12-9-19(13-29-22)31-23-30-14-21(37-23)17-5-7-18(8-6-17)25(26,27)28;1-25(27)16(26)24-14-7-6-12(8-21-14)23-15-22-9-13(28-15)10-2-4-11(5-3-10)17(18,19)20;16-15(17,18)10-3-1-9(2-4-10)12-8-21-14(23-12)22-11-5-6-13(19)20-7-11/h3-14H,15H2,1-2H3,(H,30,31)(H,29,32,34);2-9,27H,1H3,(H,22,23)(H,21,24,26);1-8H,(H2,19,20)(H,21,22). The quantitative estimate of drug-likeness (QED) is 0.0285. The van der Waals surface area contributed by atoms with Gasteiger partial charge < -0.3 is 39.7 Å². The number of nitrogens with two attached hydrogens (primary N) is 1. The van der Waals surface area contributed by atoms with Gasteiger partial charge in [0.15, 0.2) is 17.3 Å². The first-order chi connectivity index (χ1) is 41.8. The maximum absolute atomic E-state index is 12.7. The first-order valence-corrected chi connectivity index (χ1v) is 25.2. The number of hydrogen-bond acceptors (Lipinski definition) is 18. The Morgan fingerprint density at radius 1 is 0.489 bits per heavy atom. The molecule has 88 heavy (non-hydrogen) atoms. The van der Waals surface area contributed by atoms with Crippen LogP contribution in [0.15, 0.2) is 184 Å². The number of anilines is 9. The number of urea groups is 2. The zero-order chi connectivity index (χ0) is 63.2. The summed E-state index contributed by atoms with van der Waals surface area (Å²) in [6.45, 7) is 0.189. The minimum atomic E-state index is -4.41. The summed E-state index contributed by atoms with van der Waals surface area (Å²) in [5.74, 6) is 2.55. The molecule has 0 aliphatic rings. The molecule has 0 aliphatic carbocycles. The molecule has 0 saturated carbocycles. The van der Waals surface area contributed by atoms with Gasteiger partial charge in [-0.3, -0.25) is 20.7 Å². The number of ether oxygens (including phenoxy) is 1. The largest absolute Gasteiger partial charge is 0.497 e. The van der Waals surface area contributed by atoms with Crippen LogP contribution in [0.2, 0.25) is 0 Å². The molecule has 8 N–H and O–H groups in total. The van der Waals surface area contributed by atoms with E-state index in [2.05, 4.69) is 56.5 Å². The molecule has 4 amide bonds. The summed E-state index contributed by atoms with van der Waals surface area (Å²) in [5, 5.41) is 24.0. The number of halogens is 9. The van der Waals surface area contributed by atoms with Crippen molar-refractivity contribution in [3.63, 3.8) is 0 Å². The molecule has 10 aromatic rings. The van der Waals surface area contributed by atoms with E-state index in [9.17, 15) is 49.1 Å². The summed E-state index contributed by atoms with van der Waals surface area (Å²) in [5.41, 5.74) is 7.16. The van der Waals surface area contributed by atoms with Crippen LogP contribution < -0.4 is 37.1 Å². The average Bonchev–Trinajstić information content (AvgIpc) is 3.02. The van der Waals surface area contributed by atoms with E-state index in [1.807, 2.05) is 12.1 Å². The van der Waals surface area contributed by atoms with E-state index < -0.39 is 47.3 Å². The van der Waals surface area contributed by atoms with Crippen molar-refractivity contribution in [2.75, 3.05) is 53.5 Å². The fourth-order valence-electron chi connectivity index (χ4n) is 7.13. The summed E-state index contributed by atoms with van der Waals surface area (Å²) >= 11 is 0. The molecule has 4 aromatic carbocycles. The van der Waals surface area contributed by atoms with E-state index in [4.69, 9.17) is 33.8 Å². The number of hydrogen-bond donors (Lipinski definition) is 7. The van der Waals surface area contributed by atoms with E-state index in [0.29, 0.717) is 61.9 Å². The summed E-state index contributed by atoms with van der Waals surface area (Å²) < 4.78 is 135. The molecule has 0 atom stereocenters. The van der Waals surface area contributed by atoms with Gasteiger partial charge in [-0.1, -0.05) is 48.5 Å². The first-order valence-electron chi connectivity index (χ1n) is 25.2. The van der Waals surface area contributed by atoms with Crippen LogP contribution in [0.4, 0.5) is 102 Å². The van der Waals surface area contributed by atoms with E-state index in [-0.39, 0.29) is 36.3 Å². The van der Waals surface area contributed by atoms with Gasteiger partial charge in [-0.15, -0.1) is 0 Å². The minimum Gasteiger partial charge on any atom is -0.497 e. The highest BCUT2D eigenvalue weighted by Crippen LogP contribution is 2.35. The van der Waals surface area contributed by atoms with Gasteiger partial charge in [-0.05, 0) is 90.5 Å². The predicted molar refractivity (Wildman–Crippen MR) is 301 cm³/mol. The number of nitrogen functional groups attached to an aromatic ring is 1. The van der Waals surface area contributed by atoms with Crippen LogP contribution >= 0.6 is 0 Å². The summed E-state index contributed by atoms with van der Waals surface area (Å²) in [7, 11) is 4.23. The first kappa shape index (κ1) is 62.8. The summed E-state index contributed by atoms with van der Waals surface area (Å²) in [6.07, 6.45) is -4.62. The van der Waals surface area contributed by atoms with Gasteiger partial charge in [0.1, 0.15) is 29.8 Å². The number of nitrogens with zero attached hydrogens (tertiary/aromatic N) is 8.